The Bertz CT molecular complexity index is 795. The lowest BCUT2D eigenvalue weighted by atomic mass is 10.1. The third kappa shape index (κ3) is 5.02. The first-order valence-electron chi connectivity index (χ1n) is 10.6. The quantitative estimate of drug-likeness (QED) is 0.797. The summed E-state index contributed by atoms with van der Waals surface area (Å²) in [7, 11) is 0. The number of carbonyl (C=O) groups is 1. The van der Waals surface area contributed by atoms with Crippen molar-refractivity contribution in [1.29, 1.82) is 0 Å². The fraction of sp³-hybridized carbons (Fsp3) is 0.500. The second-order valence-corrected chi connectivity index (χ2v) is 7.89. The summed E-state index contributed by atoms with van der Waals surface area (Å²) < 4.78 is 13.1. The van der Waals surface area contributed by atoms with E-state index in [1.165, 1.54) is 50.7 Å². The maximum Gasteiger partial charge on any atom is 0.274 e. The summed E-state index contributed by atoms with van der Waals surface area (Å²) in [5.41, 5.74) is 1.36. The van der Waals surface area contributed by atoms with Gasteiger partial charge in [-0.3, -0.25) is 4.79 Å². The molecular formula is C22H28FN5O. The first-order chi connectivity index (χ1) is 14.2. The second-order valence-electron chi connectivity index (χ2n) is 7.89. The number of nitrogens with zero attached hydrogens (tertiary/aromatic N) is 4. The number of aromatic nitrogens is 2. The van der Waals surface area contributed by atoms with Crippen LogP contribution >= 0.6 is 0 Å². The molecule has 0 atom stereocenters. The molecule has 2 heterocycles. The zero-order chi connectivity index (χ0) is 20.1. The van der Waals surface area contributed by atoms with Crippen LogP contribution in [0.25, 0.3) is 0 Å². The van der Waals surface area contributed by atoms with Gasteiger partial charge in [0, 0.05) is 37.9 Å². The molecule has 0 spiro atoms. The maximum absolute atomic E-state index is 13.1. The first kappa shape index (κ1) is 19.6. The van der Waals surface area contributed by atoms with E-state index in [9.17, 15) is 9.18 Å². The number of carbonyl (C=O) groups excluding carboxylic acids is 1. The van der Waals surface area contributed by atoms with Crippen LogP contribution in [-0.4, -0.2) is 53.2 Å². The summed E-state index contributed by atoms with van der Waals surface area (Å²) in [5, 5.41) is 11.9. The zero-order valence-corrected chi connectivity index (χ0v) is 16.7. The highest BCUT2D eigenvalue weighted by molar-refractivity contribution is 5.92. The molecule has 6 nitrogen and oxygen atoms in total. The molecule has 1 aliphatic carbocycles. The summed E-state index contributed by atoms with van der Waals surface area (Å²) >= 11 is 0. The predicted octanol–water partition coefficient (Wildman–Crippen LogP) is 3.71. The van der Waals surface area contributed by atoms with Crippen LogP contribution in [0.5, 0.6) is 0 Å². The fourth-order valence-corrected chi connectivity index (χ4v) is 4.14. The van der Waals surface area contributed by atoms with Gasteiger partial charge in [-0.25, -0.2) is 4.39 Å². The minimum absolute atomic E-state index is 0.0859. The molecule has 1 amide bonds. The van der Waals surface area contributed by atoms with Gasteiger partial charge in [0.1, 0.15) is 11.6 Å². The van der Waals surface area contributed by atoms with E-state index in [4.69, 9.17) is 0 Å². The Hall–Kier alpha value is -2.70. The molecule has 1 saturated carbocycles. The van der Waals surface area contributed by atoms with Crippen LogP contribution in [0, 0.1) is 5.82 Å². The Morgan fingerprint density at radius 2 is 1.59 bits per heavy atom. The van der Waals surface area contributed by atoms with Gasteiger partial charge in [-0.05, 0) is 49.2 Å². The predicted molar refractivity (Wildman–Crippen MR) is 112 cm³/mol. The van der Waals surface area contributed by atoms with Crippen LogP contribution in [0.2, 0.25) is 0 Å². The lowest BCUT2D eigenvalue weighted by molar-refractivity contribution is 0.0739. The van der Waals surface area contributed by atoms with E-state index < -0.39 is 0 Å². The third-order valence-electron chi connectivity index (χ3n) is 5.85. The number of nitrogens with one attached hydrogen (secondary N) is 1. The SMILES string of the molecule is O=C(c1ccc(NC2CCCCCC2)nn1)N1CCN(c2ccc(F)cc2)CC1. The number of hydrogen-bond acceptors (Lipinski definition) is 5. The van der Waals surface area contributed by atoms with Gasteiger partial charge in [0.05, 0.1) is 0 Å². The average molecular weight is 397 g/mol. The molecule has 1 aromatic heterocycles. The van der Waals surface area contributed by atoms with Crippen LogP contribution in [0.4, 0.5) is 15.9 Å². The molecule has 29 heavy (non-hydrogen) atoms. The van der Waals surface area contributed by atoms with Crippen molar-refractivity contribution in [1.82, 2.24) is 15.1 Å². The highest BCUT2D eigenvalue weighted by Crippen LogP contribution is 2.21. The molecule has 154 valence electrons. The van der Waals surface area contributed by atoms with Crippen molar-refractivity contribution in [2.45, 2.75) is 44.6 Å². The summed E-state index contributed by atoms with van der Waals surface area (Å²) in [6.07, 6.45) is 7.47. The number of benzene rings is 1. The lowest BCUT2D eigenvalue weighted by Gasteiger charge is -2.35. The van der Waals surface area contributed by atoms with Crippen LogP contribution in [-0.2, 0) is 0 Å². The Morgan fingerprint density at radius 1 is 0.897 bits per heavy atom. The highest BCUT2D eigenvalue weighted by atomic mass is 19.1. The average Bonchev–Trinajstić information content (AvgIpc) is 3.03. The molecule has 1 saturated heterocycles. The van der Waals surface area contributed by atoms with Gasteiger partial charge in [0.25, 0.3) is 5.91 Å². The topological polar surface area (TPSA) is 61.4 Å². The largest absolute Gasteiger partial charge is 0.368 e. The van der Waals surface area contributed by atoms with Crippen molar-refractivity contribution in [2.24, 2.45) is 0 Å². The fourth-order valence-electron chi connectivity index (χ4n) is 4.14. The second kappa shape index (κ2) is 9.20. The van der Waals surface area contributed by atoms with E-state index in [1.54, 1.807) is 18.2 Å². The number of piperazine rings is 1. The standard InChI is InChI=1S/C22H28FN5O/c23-17-7-9-19(10-8-17)27-13-15-28(16-14-27)22(29)20-11-12-21(26-25-20)24-18-5-3-1-2-4-6-18/h7-12,18H,1-6,13-16H2,(H,24,26). The van der Waals surface area contributed by atoms with Gasteiger partial charge in [0.2, 0.25) is 0 Å². The Balaban J connectivity index is 1.31. The normalized spacial score (nSPS) is 18.4. The van der Waals surface area contributed by atoms with E-state index >= 15 is 0 Å². The van der Waals surface area contributed by atoms with Gasteiger partial charge in [0.15, 0.2) is 5.69 Å². The van der Waals surface area contributed by atoms with Crippen molar-refractivity contribution < 1.29 is 9.18 Å². The van der Waals surface area contributed by atoms with Crippen molar-refractivity contribution in [3.8, 4) is 0 Å². The van der Waals surface area contributed by atoms with E-state index in [2.05, 4.69) is 20.4 Å². The smallest absolute Gasteiger partial charge is 0.274 e. The summed E-state index contributed by atoms with van der Waals surface area (Å²) in [6, 6.07) is 10.6. The maximum atomic E-state index is 13.1. The number of rotatable bonds is 4. The molecule has 1 aromatic carbocycles. The molecule has 4 rings (SSSR count). The van der Waals surface area contributed by atoms with Gasteiger partial charge in [-0.2, -0.15) is 0 Å². The monoisotopic (exact) mass is 397 g/mol. The summed E-state index contributed by atoms with van der Waals surface area (Å²) in [6.45, 7) is 2.65. The van der Waals surface area contributed by atoms with E-state index in [-0.39, 0.29) is 11.7 Å². The molecule has 1 aliphatic heterocycles. The third-order valence-corrected chi connectivity index (χ3v) is 5.85. The molecule has 1 N–H and O–H groups in total. The number of anilines is 2. The zero-order valence-electron chi connectivity index (χ0n) is 16.7. The van der Waals surface area contributed by atoms with Gasteiger partial charge in [-0.1, -0.05) is 25.7 Å². The lowest BCUT2D eigenvalue weighted by Crippen LogP contribution is -2.49. The molecule has 2 aliphatic rings. The molecule has 0 unspecified atom stereocenters. The molecule has 2 aromatic rings. The van der Waals surface area contributed by atoms with Crippen molar-refractivity contribution in [3.05, 3.63) is 47.9 Å². The van der Waals surface area contributed by atoms with Crippen LogP contribution < -0.4 is 10.2 Å². The number of amides is 1. The van der Waals surface area contributed by atoms with Crippen LogP contribution in [0.15, 0.2) is 36.4 Å². The van der Waals surface area contributed by atoms with Crippen molar-refractivity contribution in [2.75, 3.05) is 36.4 Å². The summed E-state index contributed by atoms with van der Waals surface area (Å²) in [4.78, 5) is 16.7. The van der Waals surface area contributed by atoms with E-state index in [0.29, 0.717) is 37.9 Å². The summed E-state index contributed by atoms with van der Waals surface area (Å²) in [5.74, 6) is 0.421. The van der Waals surface area contributed by atoms with Crippen LogP contribution in [0.1, 0.15) is 49.0 Å². The molecule has 0 bridgehead atoms. The Morgan fingerprint density at radius 3 is 2.21 bits per heavy atom. The van der Waals surface area contributed by atoms with Gasteiger partial charge in [-0.15, -0.1) is 10.2 Å². The minimum Gasteiger partial charge on any atom is -0.368 e. The minimum atomic E-state index is -0.238. The molecule has 2 fully saturated rings. The highest BCUT2D eigenvalue weighted by Gasteiger charge is 2.23. The molecular weight excluding hydrogens is 369 g/mol. The first-order valence-corrected chi connectivity index (χ1v) is 10.6. The van der Waals surface area contributed by atoms with Crippen molar-refractivity contribution in [3.63, 3.8) is 0 Å². The van der Waals surface area contributed by atoms with Crippen molar-refractivity contribution >= 4 is 17.4 Å². The van der Waals surface area contributed by atoms with Gasteiger partial charge >= 0.3 is 0 Å². The van der Waals surface area contributed by atoms with Gasteiger partial charge < -0.3 is 15.1 Å². The number of hydrogen-bond donors (Lipinski definition) is 1. The van der Waals surface area contributed by atoms with E-state index in [0.717, 1.165) is 11.5 Å². The Kier molecular flexibility index (Phi) is 6.22. The van der Waals surface area contributed by atoms with E-state index in [1.807, 2.05) is 11.0 Å². The molecule has 0 radical (unpaired) electrons. The molecule has 7 heteroatoms. The number of halogens is 1. The Labute approximate surface area is 171 Å². The van der Waals surface area contributed by atoms with Crippen LogP contribution in [0.3, 0.4) is 0 Å².